The quantitative estimate of drug-likeness (QED) is 0.183. The molecule has 0 saturated heterocycles. The summed E-state index contributed by atoms with van der Waals surface area (Å²) in [5.41, 5.74) is 6.64. The number of nitrogens with zero attached hydrogens (tertiary/aromatic N) is 4. The maximum Gasteiger partial charge on any atom is 0.139 e. The van der Waals surface area contributed by atoms with Gasteiger partial charge in [0.2, 0.25) is 0 Å². The first-order valence-electron chi connectivity index (χ1n) is 12.7. The van der Waals surface area contributed by atoms with E-state index in [1.165, 1.54) is 0 Å². The fourth-order valence-electron chi connectivity index (χ4n) is 4.14. The Morgan fingerprint density at radius 2 is 1.18 bits per heavy atom. The second-order valence-electron chi connectivity index (χ2n) is 8.94. The van der Waals surface area contributed by atoms with E-state index in [1.54, 1.807) is 30.3 Å². The number of imidazole rings is 2. The molecule has 4 heterocycles. The molecule has 4 aromatic heterocycles. The lowest BCUT2D eigenvalue weighted by Crippen LogP contribution is -2.02. The molecule has 204 valence electrons. The van der Waals surface area contributed by atoms with E-state index in [9.17, 15) is 19.0 Å². The van der Waals surface area contributed by atoms with E-state index in [-0.39, 0.29) is 18.0 Å². The predicted molar refractivity (Wildman–Crippen MR) is 154 cm³/mol. The number of pyridine rings is 2. The van der Waals surface area contributed by atoms with Crippen LogP contribution in [-0.4, -0.2) is 55.4 Å². The zero-order chi connectivity index (χ0) is 27.9. The number of alkyl halides is 2. The van der Waals surface area contributed by atoms with Crippen LogP contribution in [0, 0.1) is 0 Å². The zero-order valence-corrected chi connectivity index (χ0v) is 21.5. The number of rotatable bonds is 8. The van der Waals surface area contributed by atoms with Gasteiger partial charge in [-0.3, -0.25) is 0 Å². The Morgan fingerprint density at radius 3 is 1.70 bits per heavy atom. The molecule has 0 radical (unpaired) electrons. The van der Waals surface area contributed by atoms with Crippen molar-refractivity contribution in [3.05, 3.63) is 97.6 Å². The van der Waals surface area contributed by atoms with Crippen LogP contribution in [0.15, 0.2) is 97.6 Å². The van der Waals surface area contributed by atoms with E-state index in [0.717, 1.165) is 45.2 Å². The summed E-state index contributed by atoms with van der Waals surface area (Å²) >= 11 is 0. The van der Waals surface area contributed by atoms with Crippen LogP contribution in [0.1, 0.15) is 0 Å². The highest BCUT2D eigenvalue weighted by molar-refractivity contribution is 5.67. The smallest absolute Gasteiger partial charge is 0.139 e. The van der Waals surface area contributed by atoms with E-state index in [1.807, 2.05) is 76.1 Å². The molecule has 40 heavy (non-hydrogen) atoms. The number of hydrogen-bond donors (Lipinski definition) is 4. The number of nitrogens with one attached hydrogen (secondary N) is 2. The Balaban J connectivity index is 0.000000161. The molecule has 0 aliphatic carbocycles. The van der Waals surface area contributed by atoms with Crippen molar-refractivity contribution in [1.29, 1.82) is 0 Å². The topological polar surface area (TPSA) is 99.1 Å². The lowest BCUT2D eigenvalue weighted by molar-refractivity contribution is 0.475. The molecule has 10 heteroatoms. The Bertz CT molecular complexity index is 1720. The normalized spacial score (nSPS) is 10.8. The second-order valence-corrected chi connectivity index (χ2v) is 8.94. The summed E-state index contributed by atoms with van der Waals surface area (Å²) in [6, 6.07) is 21.4. The minimum absolute atomic E-state index is 0.213. The van der Waals surface area contributed by atoms with Crippen molar-refractivity contribution < 1.29 is 19.0 Å². The largest absolute Gasteiger partial charge is 0.508 e. The van der Waals surface area contributed by atoms with Gasteiger partial charge >= 0.3 is 0 Å². The van der Waals surface area contributed by atoms with Crippen LogP contribution in [-0.2, 0) is 0 Å². The minimum Gasteiger partial charge on any atom is -0.508 e. The van der Waals surface area contributed by atoms with E-state index in [4.69, 9.17) is 0 Å². The van der Waals surface area contributed by atoms with Gasteiger partial charge in [0.05, 0.1) is 11.4 Å². The van der Waals surface area contributed by atoms with E-state index in [2.05, 4.69) is 20.6 Å². The fourth-order valence-corrected chi connectivity index (χ4v) is 4.14. The molecule has 0 fully saturated rings. The SMILES string of the molecule is Oc1ccc(-c2cn3ccc(NCCF)cc3n2)cc1.Oc1cccc(-c2cn3ccc(NCCF)cc3n2)c1. The van der Waals surface area contributed by atoms with Crippen molar-refractivity contribution >= 4 is 22.7 Å². The van der Waals surface area contributed by atoms with Crippen molar-refractivity contribution in [2.45, 2.75) is 0 Å². The molecule has 4 N–H and O–H groups in total. The van der Waals surface area contributed by atoms with Crippen LogP contribution in [0.2, 0.25) is 0 Å². The number of benzene rings is 2. The Hall–Kier alpha value is -5.12. The maximum absolute atomic E-state index is 12.1. The third kappa shape index (κ3) is 6.29. The summed E-state index contributed by atoms with van der Waals surface area (Å²) in [5.74, 6) is 0.445. The molecule has 8 nitrogen and oxygen atoms in total. The van der Waals surface area contributed by atoms with Gasteiger partial charge in [-0.2, -0.15) is 0 Å². The molecule has 0 aliphatic rings. The van der Waals surface area contributed by atoms with Crippen LogP contribution in [0.4, 0.5) is 20.2 Å². The van der Waals surface area contributed by atoms with Gasteiger partial charge < -0.3 is 29.6 Å². The van der Waals surface area contributed by atoms with Crippen molar-refractivity contribution in [2.24, 2.45) is 0 Å². The standard InChI is InChI=1S/2C15H14FN3O/c16-6-7-17-12-5-8-19-10-14(18-15(19)9-12)11-1-3-13(20)4-2-11;16-5-6-17-12-4-7-19-10-14(18-15(19)9-12)11-2-1-3-13(20)8-11/h1-5,8-10,17,20H,6-7H2;1-4,7-10,17,20H,5-6H2. The van der Waals surface area contributed by atoms with Gasteiger partial charge in [-0.05, 0) is 48.5 Å². The minimum atomic E-state index is -0.409. The van der Waals surface area contributed by atoms with Crippen LogP contribution < -0.4 is 10.6 Å². The Labute approximate surface area is 229 Å². The highest BCUT2D eigenvalue weighted by atomic mass is 19.1. The summed E-state index contributed by atoms with van der Waals surface area (Å²) in [7, 11) is 0. The highest BCUT2D eigenvalue weighted by Gasteiger charge is 2.07. The molecule has 6 aromatic rings. The lowest BCUT2D eigenvalue weighted by atomic mass is 10.2. The lowest BCUT2D eigenvalue weighted by Gasteiger charge is -2.03. The van der Waals surface area contributed by atoms with Crippen LogP contribution in [0.25, 0.3) is 33.8 Å². The number of hydrogen-bond acceptors (Lipinski definition) is 6. The van der Waals surface area contributed by atoms with Gasteiger partial charge in [-0.1, -0.05) is 12.1 Å². The van der Waals surface area contributed by atoms with Gasteiger partial charge in [-0.15, -0.1) is 0 Å². The van der Waals surface area contributed by atoms with Gasteiger partial charge in [0.1, 0.15) is 36.1 Å². The first kappa shape index (κ1) is 26.5. The number of phenolic OH excluding ortho intramolecular Hbond substituents is 2. The molecule has 0 aliphatic heterocycles. The summed E-state index contributed by atoms with van der Waals surface area (Å²) in [6.07, 6.45) is 7.56. The molecule has 0 unspecified atom stereocenters. The van der Waals surface area contributed by atoms with Crippen LogP contribution in [0.5, 0.6) is 11.5 Å². The third-order valence-electron chi connectivity index (χ3n) is 6.07. The highest BCUT2D eigenvalue weighted by Crippen LogP contribution is 2.24. The predicted octanol–water partition coefficient (Wildman–Crippen LogP) is 6.18. The van der Waals surface area contributed by atoms with Crippen molar-refractivity contribution in [2.75, 3.05) is 37.1 Å². The molecule has 0 atom stereocenters. The van der Waals surface area contributed by atoms with Gasteiger partial charge in [0.15, 0.2) is 0 Å². The van der Waals surface area contributed by atoms with Crippen molar-refractivity contribution in [3.63, 3.8) is 0 Å². The number of aromatic hydroxyl groups is 2. The van der Waals surface area contributed by atoms with Gasteiger partial charge in [0.25, 0.3) is 0 Å². The van der Waals surface area contributed by atoms with Gasteiger partial charge in [0, 0.05) is 72.5 Å². The molecule has 0 bridgehead atoms. The average Bonchev–Trinajstić information content (AvgIpc) is 3.59. The second kappa shape index (κ2) is 12.2. The number of anilines is 2. The van der Waals surface area contributed by atoms with Crippen LogP contribution in [0.3, 0.4) is 0 Å². The van der Waals surface area contributed by atoms with Gasteiger partial charge in [-0.25, -0.2) is 18.7 Å². The van der Waals surface area contributed by atoms with Crippen molar-refractivity contribution in [1.82, 2.24) is 18.8 Å². The first-order chi connectivity index (χ1) is 19.5. The molecular weight excluding hydrogens is 514 g/mol. The fraction of sp³-hybridized carbons (Fsp3) is 0.133. The molecule has 0 spiro atoms. The molecule has 0 amide bonds. The van der Waals surface area contributed by atoms with E-state index >= 15 is 0 Å². The maximum atomic E-state index is 12.1. The summed E-state index contributed by atoms with van der Waals surface area (Å²) in [5, 5.41) is 24.8. The number of fused-ring (bicyclic) bond motifs is 2. The Kier molecular flexibility index (Phi) is 8.05. The summed E-state index contributed by atoms with van der Waals surface area (Å²) in [4.78, 5) is 9.04. The first-order valence-corrected chi connectivity index (χ1v) is 12.7. The molecule has 2 aromatic carbocycles. The van der Waals surface area contributed by atoms with Crippen LogP contribution >= 0.6 is 0 Å². The molecular formula is C30H28F2N6O2. The summed E-state index contributed by atoms with van der Waals surface area (Å²) in [6.45, 7) is -0.232. The number of aromatic nitrogens is 4. The number of halogens is 2. The monoisotopic (exact) mass is 542 g/mol. The van der Waals surface area contributed by atoms with E-state index in [0.29, 0.717) is 6.54 Å². The molecule has 6 rings (SSSR count). The Morgan fingerprint density at radius 1 is 0.625 bits per heavy atom. The average molecular weight is 543 g/mol. The zero-order valence-electron chi connectivity index (χ0n) is 21.5. The summed E-state index contributed by atoms with van der Waals surface area (Å²) < 4.78 is 28.1. The number of phenols is 2. The third-order valence-corrected chi connectivity index (χ3v) is 6.07. The van der Waals surface area contributed by atoms with Crippen molar-refractivity contribution in [3.8, 4) is 34.0 Å². The molecule has 0 saturated carbocycles. The van der Waals surface area contributed by atoms with E-state index < -0.39 is 13.3 Å².